The summed E-state index contributed by atoms with van der Waals surface area (Å²) in [7, 11) is 0. The Balaban J connectivity index is 2.73. The molecular weight excluding hydrogens is 228 g/mol. The van der Waals surface area contributed by atoms with E-state index in [1.54, 1.807) is 0 Å². The maximum absolute atomic E-state index is 13.2. The zero-order valence-electron chi connectivity index (χ0n) is 7.59. The molecule has 84 valence electrons. The third-order valence-electron chi connectivity index (χ3n) is 1.83. The first-order valence-electron chi connectivity index (χ1n) is 4.02. The lowest BCUT2D eigenvalue weighted by Gasteiger charge is -2.05. The van der Waals surface area contributed by atoms with Crippen LogP contribution >= 0.6 is 0 Å². The second-order valence-corrected chi connectivity index (χ2v) is 2.90. The molecule has 0 radical (unpaired) electrons. The van der Waals surface area contributed by atoms with Gasteiger partial charge in [0.25, 0.3) is 0 Å². The number of hydrogen-bond donors (Lipinski definition) is 1. The predicted octanol–water partition coefficient (Wildman–Crippen LogP) is 1.41. The van der Waals surface area contributed by atoms with Crippen LogP contribution in [0, 0.1) is 23.3 Å². The molecule has 16 heavy (non-hydrogen) atoms. The van der Waals surface area contributed by atoms with E-state index in [9.17, 15) is 17.6 Å². The summed E-state index contributed by atoms with van der Waals surface area (Å²) in [6, 6.07) is 0.106. The van der Waals surface area contributed by atoms with E-state index < -0.39 is 29.0 Å². The second-order valence-electron chi connectivity index (χ2n) is 2.90. The van der Waals surface area contributed by atoms with Crippen LogP contribution in [0.5, 0.6) is 0 Å². The van der Waals surface area contributed by atoms with Gasteiger partial charge in [0.15, 0.2) is 29.1 Å². The van der Waals surface area contributed by atoms with E-state index in [1.807, 2.05) is 0 Å². The fraction of sp³-hybridized carbons (Fsp3) is 0. The number of hydrogen-bond acceptors (Lipinski definition) is 3. The lowest BCUT2D eigenvalue weighted by molar-refractivity contribution is 0.443. The monoisotopic (exact) mass is 232 g/mol. The Morgan fingerprint density at radius 3 is 2.06 bits per heavy atom. The first-order chi connectivity index (χ1) is 7.50. The standard InChI is InChI=1S/C8H4F4N4/c9-3-1-4(10)7(12)8(6(3)11)16-2-5(13)14-15-16/h1-2H,13H2. The van der Waals surface area contributed by atoms with Crippen molar-refractivity contribution in [1.82, 2.24) is 15.0 Å². The molecule has 2 aromatic rings. The van der Waals surface area contributed by atoms with Crippen molar-refractivity contribution in [2.45, 2.75) is 0 Å². The summed E-state index contributed by atoms with van der Waals surface area (Å²) < 4.78 is 52.6. The van der Waals surface area contributed by atoms with Crippen LogP contribution in [0.4, 0.5) is 23.4 Å². The SMILES string of the molecule is Nc1cn(-c2c(F)c(F)cc(F)c2F)nn1. The minimum absolute atomic E-state index is 0.106. The van der Waals surface area contributed by atoms with Crippen molar-refractivity contribution in [2.75, 3.05) is 5.73 Å². The highest BCUT2D eigenvalue weighted by Gasteiger charge is 2.21. The second kappa shape index (κ2) is 3.47. The number of nitrogens with zero attached hydrogens (tertiary/aromatic N) is 3. The number of nitrogens with two attached hydrogens (primary N) is 1. The first kappa shape index (κ1) is 10.4. The van der Waals surface area contributed by atoms with E-state index in [0.29, 0.717) is 4.68 Å². The van der Waals surface area contributed by atoms with Gasteiger partial charge in [-0.25, -0.2) is 22.2 Å². The van der Waals surface area contributed by atoms with Gasteiger partial charge in [0.05, 0.1) is 6.20 Å². The molecule has 0 saturated heterocycles. The molecule has 2 N–H and O–H groups in total. The Morgan fingerprint density at radius 2 is 1.62 bits per heavy atom. The number of benzene rings is 1. The van der Waals surface area contributed by atoms with Crippen LogP contribution < -0.4 is 5.73 Å². The van der Waals surface area contributed by atoms with Crippen molar-refractivity contribution in [3.8, 4) is 5.69 Å². The van der Waals surface area contributed by atoms with Gasteiger partial charge in [-0.15, -0.1) is 5.10 Å². The van der Waals surface area contributed by atoms with Gasteiger partial charge in [-0.05, 0) is 0 Å². The van der Waals surface area contributed by atoms with Crippen LogP contribution in [0.2, 0.25) is 0 Å². The van der Waals surface area contributed by atoms with E-state index in [0.717, 1.165) is 6.20 Å². The van der Waals surface area contributed by atoms with Crippen molar-refractivity contribution in [3.63, 3.8) is 0 Å². The van der Waals surface area contributed by atoms with Gasteiger partial charge < -0.3 is 5.73 Å². The van der Waals surface area contributed by atoms with Crippen molar-refractivity contribution in [1.29, 1.82) is 0 Å². The van der Waals surface area contributed by atoms with Crippen LogP contribution in [0.25, 0.3) is 5.69 Å². The molecule has 0 atom stereocenters. The first-order valence-corrected chi connectivity index (χ1v) is 4.02. The van der Waals surface area contributed by atoms with Crippen LogP contribution in [-0.2, 0) is 0 Å². The number of rotatable bonds is 1. The van der Waals surface area contributed by atoms with Crippen LogP contribution in [0.3, 0.4) is 0 Å². The molecule has 4 nitrogen and oxygen atoms in total. The van der Waals surface area contributed by atoms with E-state index in [-0.39, 0.29) is 11.9 Å². The number of anilines is 1. The fourth-order valence-corrected chi connectivity index (χ4v) is 1.15. The Bertz CT molecular complexity index is 525. The average Bonchev–Trinajstić information content (AvgIpc) is 2.62. The minimum atomic E-state index is -1.57. The molecule has 0 fully saturated rings. The zero-order valence-corrected chi connectivity index (χ0v) is 7.59. The normalized spacial score (nSPS) is 10.8. The van der Waals surface area contributed by atoms with E-state index in [1.165, 1.54) is 0 Å². The summed E-state index contributed by atoms with van der Waals surface area (Å²) in [4.78, 5) is 0. The highest BCUT2D eigenvalue weighted by Crippen LogP contribution is 2.22. The third-order valence-corrected chi connectivity index (χ3v) is 1.83. The van der Waals surface area contributed by atoms with Gasteiger partial charge in [0.2, 0.25) is 0 Å². The van der Waals surface area contributed by atoms with Gasteiger partial charge >= 0.3 is 0 Å². The van der Waals surface area contributed by atoms with Gasteiger partial charge in [-0.1, -0.05) is 5.21 Å². The fourth-order valence-electron chi connectivity index (χ4n) is 1.15. The molecule has 1 heterocycles. The molecule has 0 aliphatic rings. The quantitative estimate of drug-likeness (QED) is 0.597. The molecule has 0 unspecified atom stereocenters. The zero-order chi connectivity index (χ0) is 11.9. The van der Waals surface area contributed by atoms with Crippen molar-refractivity contribution >= 4 is 5.82 Å². The predicted molar refractivity (Wildman–Crippen MR) is 45.6 cm³/mol. The molecule has 0 amide bonds. The summed E-state index contributed by atoms with van der Waals surface area (Å²) in [5.41, 5.74) is 4.17. The molecule has 0 aliphatic heterocycles. The number of aromatic nitrogens is 3. The Hall–Kier alpha value is -2.12. The van der Waals surface area contributed by atoms with E-state index in [4.69, 9.17) is 5.73 Å². The van der Waals surface area contributed by atoms with Gasteiger partial charge in [-0.3, -0.25) is 0 Å². The molecule has 1 aromatic carbocycles. The van der Waals surface area contributed by atoms with Gasteiger partial charge in [-0.2, -0.15) is 0 Å². The summed E-state index contributed by atoms with van der Waals surface area (Å²) in [6.07, 6.45) is 0.931. The topological polar surface area (TPSA) is 56.7 Å². The number of nitrogen functional groups attached to an aromatic ring is 1. The van der Waals surface area contributed by atoms with Gasteiger partial charge in [0.1, 0.15) is 5.69 Å². The number of halogens is 4. The molecule has 0 bridgehead atoms. The molecule has 0 spiro atoms. The van der Waals surface area contributed by atoms with E-state index in [2.05, 4.69) is 10.3 Å². The van der Waals surface area contributed by atoms with Crippen molar-refractivity contribution in [3.05, 3.63) is 35.5 Å². The summed E-state index contributed by atoms with van der Waals surface area (Å²) in [5.74, 6) is -6.32. The van der Waals surface area contributed by atoms with Crippen LogP contribution in [0.1, 0.15) is 0 Å². The Kier molecular flexibility index (Phi) is 2.26. The Labute approximate surface area is 86.3 Å². The largest absolute Gasteiger partial charge is 0.381 e. The van der Waals surface area contributed by atoms with Crippen molar-refractivity contribution < 1.29 is 17.6 Å². The van der Waals surface area contributed by atoms with Crippen molar-refractivity contribution in [2.24, 2.45) is 0 Å². The highest BCUT2D eigenvalue weighted by atomic mass is 19.2. The van der Waals surface area contributed by atoms with Gasteiger partial charge in [0, 0.05) is 6.07 Å². The summed E-state index contributed by atoms with van der Waals surface area (Å²) >= 11 is 0. The highest BCUT2D eigenvalue weighted by molar-refractivity contribution is 5.38. The molecule has 0 aliphatic carbocycles. The average molecular weight is 232 g/mol. The Morgan fingerprint density at radius 1 is 1.06 bits per heavy atom. The molecular formula is C8H4F4N4. The van der Waals surface area contributed by atoms with Crippen LogP contribution in [-0.4, -0.2) is 15.0 Å². The molecule has 8 heteroatoms. The summed E-state index contributed by atoms with van der Waals surface area (Å²) in [5, 5.41) is 6.47. The molecule has 1 aromatic heterocycles. The lowest BCUT2D eigenvalue weighted by atomic mass is 10.2. The summed E-state index contributed by atoms with van der Waals surface area (Å²) in [6.45, 7) is 0. The minimum Gasteiger partial charge on any atom is -0.381 e. The molecule has 2 rings (SSSR count). The van der Waals surface area contributed by atoms with Crippen LogP contribution in [0.15, 0.2) is 12.3 Å². The lowest BCUT2D eigenvalue weighted by Crippen LogP contribution is -2.07. The molecule has 0 saturated carbocycles. The maximum Gasteiger partial charge on any atom is 0.187 e. The van der Waals surface area contributed by atoms with E-state index >= 15 is 0 Å². The third kappa shape index (κ3) is 1.47. The maximum atomic E-state index is 13.2. The smallest absolute Gasteiger partial charge is 0.187 e.